The lowest BCUT2D eigenvalue weighted by atomic mass is 10.1. The molecule has 4 aromatic carbocycles. The molecule has 0 aliphatic carbocycles. The molecule has 0 unspecified atom stereocenters. The van der Waals surface area contributed by atoms with Crippen LogP contribution in [0.15, 0.2) is 134 Å². The zero-order valence-electron chi connectivity index (χ0n) is 23.8. The molecule has 0 atom stereocenters. The number of hydrogen-bond donors (Lipinski definition) is 0. The summed E-state index contributed by atoms with van der Waals surface area (Å²) in [6.07, 6.45) is 8.21. The first-order valence-corrected chi connectivity index (χ1v) is 14.5. The van der Waals surface area contributed by atoms with Gasteiger partial charge in [0.05, 0.1) is 50.9 Å². The normalized spacial score (nSPS) is 11.8. The summed E-state index contributed by atoms with van der Waals surface area (Å²) in [5.41, 5.74) is 11.4. The Morgan fingerprint density at radius 1 is 0.651 bits per heavy atom. The molecule has 4 aromatic heterocycles. The highest BCUT2D eigenvalue weighted by molar-refractivity contribution is 6.20. The minimum Gasteiger partial charge on any atom is -0.307 e. The van der Waals surface area contributed by atoms with Crippen LogP contribution in [0.2, 0.25) is 0 Å². The number of rotatable bonds is 5. The maximum absolute atomic E-state index is 5.06. The second kappa shape index (κ2) is 9.97. The third-order valence-corrected chi connectivity index (χ3v) is 8.23. The molecular weight excluding hydrogens is 524 g/mol. The van der Waals surface area contributed by atoms with Crippen molar-refractivity contribution in [3.63, 3.8) is 0 Å². The summed E-state index contributed by atoms with van der Waals surface area (Å²) < 4.78 is 4.69. The van der Waals surface area contributed by atoms with Gasteiger partial charge in [-0.1, -0.05) is 97.6 Å². The molecule has 0 N–H and O–H groups in total. The van der Waals surface area contributed by atoms with E-state index in [2.05, 4.69) is 126 Å². The van der Waals surface area contributed by atoms with Gasteiger partial charge in [0.1, 0.15) is 0 Å². The molecule has 8 aromatic rings. The van der Waals surface area contributed by atoms with E-state index in [1.54, 1.807) is 0 Å². The van der Waals surface area contributed by atoms with E-state index in [9.17, 15) is 0 Å². The average Bonchev–Trinajstić information content (AvgIpc) is 3.58. The molecule has 4 heteroatoms. The predicted molar refractivity (Wildman–Crippen MR) is 181 cm³/mol. The van der Waals surface area contributed by atoms with Crippen LogP contribution in [-0.2, 0) is 0 Å². The molecule has 43 heavy (non-hydrogen) atoms. The minimum atomic E-state index is 0.858. The summed E-state index contributed by atoms with van der Waals surface area (Å²) in [6, 6.07) is 40.2. The average molecular weight is 553 g/mol. The molecule has 0 amide bonds. The molecule has 4 nitrogen and oxygen atoms in total. The largest absolute Gasteiger partial charge is 0.307 e. The van der Waals surface area contributed by atoms with E-state index in [4.69, 9.17) is 9.97 Å². The van der Waals surface area contributed by atoms with Gasteiger partial charge in [-0.2, -0.15) is 0 Å². The van der Waals surface area contributed by atoms with Crippen LogP contribution in [0.3, 0.4) is 0 Å². The summed E-state index contributed by atoms with van der Waals surface area (Å²) in [7, 11) is 0. The predicted octanol–water partition coefficient (Wildman–Crippen LogP) is 10.0. The van der Waals surface area contributed by atoms with Crippen molar-refractivity contribution in [2.24, 2.45) is 0 Å². The first-order chi connectivity index (χ1) is 21.3. The van der Waals surface area contributed by atoms with Gasteiger partial charge in [-0.3, -0.25) is 4.98 Å². The van der Waals surface area contributed by atoms with Gasteiger partial charge in [0.15, 0.2) is 0 Å². The number of allylic oxidation sites excluding steroid dienone is 1. The van der Waals surface area contributed by atoms with Crippen molar-refractivity contribution in [1.29, 1.82) is 0 Å². The number of benzene rings is 4. The van der Waals surface area contributed by atoms with Crippen LogP contribution in [0.5, 0.6) is 0 Å². The van der Waals surface area contributed by atoms with Gasteiger partial charge >= 0.3 is 0 Å². The van der Waals surface area contributed by atoms with Gasteiger partial charge in [0.25, 0.3) is 0 Å². The van der Waals surface area contributed by atoms with Crippen molar-refractivity contribution in [2.45, 2.75) is 6.92 Å². The fourth-order valence-corrected chi connectivity index (χ4v) is 6.41. The molecule has 0 saturated carbocycles. The Morgan fingerprint density at radius 3 is 2.16 bits per heavy atom. The van der Waals surface area contributed by atoms with E-state index in [-0.39, 0.29) is 0 Å². The molecular formula is C39H28N4. The maximum atomic E-state index is 5.06. The van der Waals surface area contributed by atoms with Gasteiger partial charge in [-0.25, -0.2) is 4.98 Å². The monoisotopic (exact) mass is 552 g/mol. The van der Waals surface area contributed by atoms with Crippen LogP contribution >= 0.6 is 0 Å². The maximum Gasteiger partial charge on any atom is 0.0915 e. The van der Waals surface area contributed by atoms with Gasteiger partial charge in [-0.15, -0.1) is 0 Å². The molecule has 0 aliphatic heterocycles. The molecule has 0 bridgehead atoms. The number of nitrogens with zero attached hydrogens (tertiary/aromatic N) is 4. The third kappa shape index (κ3) is 3.84. The SMILES string of the molecule is C=Cc1c(/C=C\C)c2ccc3c4ccccc4n(-c4cnc5ccc(-c6ccccc6)nc5c4)c3c2n1-c1ccccc1. The molecule has 0 saturated heterocycles. The lowest BCUT2D eigenvalue weighted by molar-refractivity contribution is 1.09. The fraction of sp³-hybridized carbons (Fsp3) is 0.0256. The van der Waals surface area contributed by atoms with Crippen molar-refractivity contribution in [3.05, 3.63) is 145 Å². The van der Waals surface area contributed by atoms with E-state index in [1.165, 1.54) is 16.2 Å². The zero-order chi connectivity index (χ0) is 28.9. The first-order valence-electron chi connectivity index (χ1n) is 14.5. The second-order valence-corrected chi connectivity index (χ2v) is 10.7. The van der Waals surface area contributed by atoms with Gasteiger partial charge in [-0.05, 0) is 49.4 Å². The third-order valence-electron chi connectivity index (χ3n) is 8.23. The Kier molecular flexibility index (Phi) is 5.80. The smallest absolute Gasteiger partial charge is 0.0915 e. The van der Waals surface area contributed by atoms with Crippen molar-refractivity contribution < 1.29 is 0 Å². The molecule has 0 aliphatic rings. The van der Waals surface area contributed by atoms with Gasteiger partial charge in [0.2, 0.25) is 0 Å². The number of pyridine rings is 2. The topological polar surface area (TPSA) is 35.6 Å². The molecule has 4 heterocycles. The number of aromatic nitrogens is 4. The summed E-state index contributed by atoms with van der Waals surface area (Å²) in [5, 5.41) is 3.55. The Bertz CT molecular complexity index is 2360. The van der Waals surface area contributed by atoms with Crippen LogP contribution in [0.1, 0.15) is 18.2 Å². The molecule has 8 rings (SSSR count). The highest BCUT2D eigenvalue weighted by Crippen LogP contribution is 2.41. The standard InChI is InChI=1S/C39H28N4/c1-3-13-29-31-20-21-32-30-18-11-12-19-37(30)43(39(32)38(31)42(36(29)4-2)27-16-9-6-10-17-27)28-24-35-34(40-25-28)23-22-33(41-35)26-14-7-5-8-15-26/h3-25H,2H2,1H3/b13-3-. The van der Waals surface area contributed by atoms with Crippen LogP contribution in [0.4, 0.5) is 0 Å². The molecule has 0 radical (unpaired) electrons. The molecule has 0 spiro atoms. The first kappa shape index (κ1) is 25.0. The highest BCUT2D eigenvalue weighted by atomic mass is 15.1. The van der Waals surface area contributed by atoms with E-state index in [1.807, 2.05) is 36.5 Å². The Hall–Kier alpha value is -5.74. The van der Waals surface area contributed by atoms with Crippen molar-refractivity contribution in [1.82, 2.24) is 19.1 Å². The fourth-order valence-electron chi connectivity index (χ4n) is 6.41. The summed E-state index contributed by atoms with van der Waals surface area (Å²) in [6.45, 7) is 6.31. The summed E-state index contributed by atoms with van der Waals surface area (Å²) in [5.74, 6) is 0. The zero-order valence-corrected chi connectivity index (χ0v) is 23.8. The molecule has 0 fully saturated rings. The summed E-state index contributed by atoms with van der Waals surface area (Å²) in [4.78, 5) is 9.95. The Balaban J connectivity index is 1.52. The Morgan fingerprint density at radius 2 is 1.37 bits per heavy atom. The van der Waals surface area contributed by atoms with Crippen LogP contribution in [0.25, 0.3) is 78.5 Å². The van der Waals surface area contributed by atoms with Gasteiger partial charge in [0, 0.05) is 33.0 Å². The van der Waals surface area contributed by atoms with Crippen molar-refractivity contribution in [2.75, 3.05) is 0 Å². The Labute approximate surface area is 249 Å². The number of fused-ring (bicyclic) bond motifs is 6. The van der Waals surface area contributed by atoms with E-state index >= 15 is 0 Å². The lowest BCUT2D eigenvalue weighted by Crippen LogP contribution is -2.01. The van der Waals surface area contributed by atoms with Crippen LogP contribution in [-0.4, -0.2) is 19.1 Å². The van der Waals surface area contributed by atoms with Crippen molar-refractivity contribution >= 4 is 55.9 Å². The van der Waals surface area contributed by atoms with E-state index < -0.39 is 0 Å². The summed E-state index contributed by atoms with van der Waals surface area (Å²) >= 11 is 0. The van der Waals surface area contributed by atoms with Crippen molar-refractivity contribution in [3.8, 4) is 22.6 Å². The minimum absolute atomic E-state index is 0.858. The van der Waals surface area contributed by atoms with Crippen LogP contribution < -0.4 is 0 Å². The second-order valence-electron chi connectivity index (χ2n) is 10.7. The highest BCUT2D eigenvalue weighted by Gasteiger charge is 2.22. The van der Waals surface area contributed by atoms with E-state index in [0.29, 0.717) is 0 Å². The molecule has 204 valence electrons. The van der Waals surface area contributed by atoms with Crippen LogP contribution in [0, 0.1) is 0 Å². The van der Waals surface area contributed by atoms with E-state index in [0.717, 1.165) is 61.5 Å². The number of hydrogen-bond acceptors (Lipinski definition) is 2. The van der Waals surface area contributed by atoms with Gasteiger partial charge < -0.3 is 9.13 Å². The quantitative estimate of drug-likeness (QED) is 0.213. The number of para-hydroxylation sites is 2. The lowest BCUT2D eigenvalue weighted by Gasteiger charge is -2.13.